The Kier molecular flexibility index (Phi) is 10.1. The molecule has 276 valence electrons. The summed E-state index contributed by atoms with van der Waals surface area (Å²) < 4.78 is 12.6. The van der Waals surface area contributed by atoms with Gasteiger partial charge in [-0.25, -0.2) is 0 Å². The van der Waals surface area contributed by atoms with Crippen LogP contribution in [0.5, 0.6) is 0 Å². The number of aliphatic hydroxyl groups is 1. The van der Waals surface area contributed by atoms with Gasteiger partial charge in [-0.15, -0.1) is 22.7 Å². The number of ether oxygens (including phenoxy) is 2. The summed E-state index contributed by atoms with van der Waals surface area (Å²) in [6.45, 7) is 23.2. The summed E-state index contributed by atoms with van der Waals surface area (Å²) in [6, 6.07) is 0. The predicted molar refractivity (Wildman–Crippen MR) is 195 cm³/mol. The molecule has 2 aliphatic heterocycles. The van der Waals surface area contributed by atoms with Gasteiger partial charge in [-0.2, -0.15) is 0 Å². The number of hydrogen-bond donors (Lipinski definition) is 5. The molecule has 14 heteroatoms. The summed E-state index contributed by atoms with van der Waals surface area (Å²) in [5.41, 5.74) is 2.66. The molecule has 12 nitrogen and oxygen atoms in total. The van der Waals surface area contributed by atoms with Gasteiger partial charge in [0.05, 0.1) is 38.9 Å². The van der Waals surface area contributed by atoms with Gasteiger partial charge in [-0.05, 0) is 71.9 Å². The first-order valence-electron chi connectivity index (χ1n) is 16.6. The fraction of sp³-hybridized carbons (Fsp3) is 0.639. The van der Waals surface area contributed by atoms with Gasteiger partial charge in [0.1, 0.15) is 16.1 Å². The highest BCUT2D eigenvalue weighted by Crippen LogP contribution is 2.50. The molecule has 1 unspecified atom stereocenters. The van der Waals surface area contributed by atoms with Crippen molar-refractivity contribution in [3.8, 4) is 0 Å². The second-order valence-corrected chi connectivity index (χ2v) is 19.3. The van der Waals surface area contributed by atoms with E-state index in [2.05, 4.69) is 16.0 Å². The summed E-state index contributed by atoms with van der Waals surface area (Å²) in [7, 11) is 0. The van der Waals surface area contributed by atoms with Crippen LogP contribution in [0.2, 0.25) is 0 Å². The molecule has 4 heterocycles. The zero-order valence-electron chi connectivity index (χ0n) is 31.4. The quantitative estimate of drug-likeness (QED) is 0.212. The molecule has 0 fully saturated rings. The standard InChI is InChI=1S/C36H52N4O8S2/c1-31(2,3)21(41)27(45)39-30-20(18-15-34(8,9)48-36(12,13)24(18)50-30)26(44)38-16-32(4,5)22(42)28(46)40-29-19(25(37)43)17-14-33(6,7)47-35(10,11)23(17)49-29/h21,41H,14-16H2,1-13H3,(H2,37,43)(H,38,44)(H,39,45)(H,40,46). The van der Waals surface area contributed by atoms with E-state index in [1.807, 2.05) is 55.4 Å². The molecular weight excluding hydrogens is 681 g/mol. The van der Waals surface area contributed by atoms with Crippen LogP contribution < -0.4 is 21.7 Å². The third-order valence-corrected chi connectivity index (χ3v) is 11.8. The number of primary amides is 1. The van der Waals surface area contributed by atoms with E-state index in [1.165, 1.54) is 25.2 Å². The van der Waals surface area contributed by atoms with Gasteiger partial charge in [-0.3, -0.25) is 24.0 Å². The predicted octanol–water partition coefficient (Wildman–Crippen LogP) is 5.39. The molecule has 0 aromatic carbocycles. The zero-order chi connectivity index (χ0) is 38.2. The van der Waals surface area contributed by atoms with Gasteiger partial charge in [0, 0.05) is 29.1 Å². The van der Waals surface area contributed by atoms with Crippen molar-refractivity contribution in [3.63, 3.8) is 0 Å². The lowest BCUT2D eigenvalue weighted by Gasteiger charge is -2.41. The van der Waals surface area contributed by atoms with Crippen molar-refractivity contribution in [2.75, 3.05) is 17.2 Å². The molecule has 6 N–H and O–H groups in total. The molecule has 2 aromatic rings. The maximum Gasteiger partial charge on any atom is 0.293 e. The van der Waals surface area contributed by atoms with Crippen LogP contribution in [0, 0.1) is 10.8 Å². The normalized spacial score (nSPS) is 19.4. The van der Waals surface area contributed by atoms with Crippen molar-refractivity contribution in [1.29, 1.82) is 0 Å². The molecule has 0 bridgehead atoms. The maximum absolute atomic E-state index is 14.0. The van der Waals surface area contributed by atoms with Crippen LogP contribution in [-0.4, -0.2) is 58.4 Å². The van der Waals surface area contributed by atoms with E-state index in [-0.39, 0.29) is 27.7 Å². The van der Waals surface area contributed by atoms with E-state index in [0.717, 1.165) is 21.1 Å². The largest absolute Gasteiger partial charge is 0.383 e. The average Bonchev–Trinajstić information content (AvgIpc) is 3.46. The highest BCUT2D eigenvalue weighted by molar-refractivity contribution is 7.17. The minimum absolute atomic E-state index is 0.157. The SMILES string of the molecule is CC1(C)Cc2c(sc(NC(=O)C(=O)C(C)(C)CNC(=O)c3c(NC(=O)C(O)C(C)(C)C)sc4c3CC(C)(C)OC4(C)C)c2C(N)=O)C(C)(C)O1. The number of rotatable bonds is 9. The Labute approximate surface area is 302 Å². The Bertz CT molecular complexity index is 1760. The van der Waals surface area contributed by atoms with E-state index in [4.69, 9.17) is 15.2 Å². The Balaban J connectivity index is 1.60. The topological polar surface area (TPSA) is 186 Å². The Hall–Kier alpha value is -3.17. The lowest BCUT2D eigenvalue weighted by Crippen LogP contribution is -2.45. The minimum atomic E-state index is -1.38. The number of thiophene rings is 2. The molecule has 0 radical (unpaired) electrons. The second kappa shape index (κ2) is 12.8. The highest BCUT2D eigenvalue weighted by atomic mass is 32.1. The Morgan fingerprint density at radius 2 is 1.22 bits per heavy atom. The number of aliphatic hydroxyl groups excluding tert-OH is 1. The van der Waals surface area contributed by atoms with Crippen LogP contribution in [0.4, 0.5) is 10.0 Å². The fourth-order valence-corrected chi connectivity index (χ4v) is 9.34. The number of carbonyl (C=O) groups is 5. The van der Waals surface area contributed by atoms with E-state index in [9.17, 15) is 29.1 Å². The van der Waals surface area contributed by atoms with Crippen molar-refractivity contribution in [2.24, 2.45) is 16.6 Å². The first-order chi connectivity index (χ1) is 22.5. The first-order valence-corrected chi connectivity index (χ1v) is 18.3. The average molecular weight is 733 g/mol. The number of amides is 4. The summed E-state index contributed by atoms with van der Waals surface area (Å²) >= 11 is 2.36. The maximum atomic E-state index is 14.0. The minimum Gasteiger partial charge on any atom is -0.383 e. The zero-order valence-corrected chi connectivity index (χ0v) is 33.0. The van der Waals surface area contributed by atoms with Crippen LogP contribution in [0.25, 0.3) is 0 Å². The van der Waals surface area contributed by atoms with Crippen molar-refractivity contribution >= 4 is 62.1 Å². The van der Waals surface area contributed by atoms with Gasteiger partial charge in [0.15, 0.2) is 0 Å². The monoisotopic (exact) mass is 732 g/mol. The fourth-order valence-electron chi connectivity index (χ4n) is 6.83. The number of nitrogens with two attached hydrogens (primary N) is 1. The third-order valence-electron chi connectivity index (χ3n) is 8.89. The second-order valence-electron chi connectivity index (χ2n) is 17.3. The number of ketones is 1. The molecule has 0 aliphatic carbocycles. The van der Waals surface area contributed by atoms with Crippen LogP contribution in [-0.2, 0) is 47.9 Å². The van der Waals surface area contributed by atoms with Crippen LogP contribution in [0.3, 0.4) is 0 Å². The number of hydrogen-bond acceptors (Lipinski definition) is 10. The number of nitrogens with one attached hydrogen (secondary N) is 3. The molecule has 4 amide bonds. The molecule has 0 spiro atoms. The molecule has 2 aliphatic rings. The molecular formula is C36H52N4O8S2. The Morgan fingerprint density at radius 3 is 1.66 bits per heavy atom. The number of fused-ring (bicyclic) bond motifs is 2. The number of anilines is 2. The van der Waals surface area contributed by atoms with Gasteiger partial charge >= 0.3 is 0 Å². The summed E-state index contributed by atoms with van der Waals surface area (Å²) in [6.07, 6.45) is -0.575. The van der Waals surface area contributed by atoms with E-state index >= 15 is 0 Å². The van der Waals surface area contributed by atoms with Gasteiger partial charge in [0.2, 0.25) is 5.78 Å². The van der Waals surface area contributed by atoms with Crippen LogP contribution >= 0.6 is 22.7 Å². The summed E-state index contributed by atoms with van der Waals surface area (Å²) in [5, 5.41) is 19.3. The van der Waals surface area contributed by atoms with Crippen LogP contribution in [0.1, 0.15) is 132 Å². The smallest absolute Gasteiger partial charge is 0.293 e. The van der Waals surface area contributed by atoms with Crippen LogP contribution in [0.15, 0.2) is 0 Å². The van der Waals surface area contributed by atoms with Gasteiger partial charge in [-0.1, -0.05) is 34.6 Å². The van der Waals surface area contributed by atoms with Crippen molar-refractivity contribution < 1.29 is 38.6 Å². The van der Waals surface area contributed by atoms with Crippen molar-refractivity contribution in [2.45, 2.75) is 131 Å². The summed E-state index contributed by atoms with van der Waals surface area (Å²) in [4.78, 5) is 68.3. The van der Waals surface area contributed by atoms with E-state index < -0.39 is 68.8 Å². The van der Waals surface area contributed by atoms with Crippen molar-refractivity contribution in [3.05, 3.63) is 32.0 Å². The Morgan fingerprint density at radius 1 is 0.780 bits per heavy atom. The number of carbonyl (C=O) groups excluding carboxylic acids is 5. The van der Waals surface area contributed by atoms with Gasteiger partial charge in [0.25, 0.3) is 23.6 Å². The van der Waals surface area contributed by atoms with E-state index in [0.29, 0.717) is 24.0 Å². The molecule has 4 rings (SSSR count). The molecule has 2 aromatic heterocycles. The lowest BCUT2D eigenvalue weighted by atomic mass is 9.85. The third kappa shape index (κ3) is 7.84. The summed E-state index contributed by atoms with van der Waals surface area (Å²) in [5.74, 6) is -3.70. The molecule has 1 atom stereocenters. The molecule has 0 saturated carbocycles. The highest BCUT2D eigenvalue weighted by Gasteiger charge is 2.46. The molecule has 50 heavy (non-hydrogen) atoms. The molecule has 0 saturated heterocycles. The number of Topliss-reactive ketones (excluding diaryl/α,β-unsaturated/α-hetero) is 1. The lowest BCUT2D eigenvalue weighted by molar-refractivity contribution is -0.139. The first kappa shape index (κ1) is 39.6. The van der Waals surface area contributed by atoms with Gasteiger partial charge < -0.3 is 36.3 Å². The van der Waals surface area contributed by atoms with E-state index in [1.54, 1.807) is 20.8 Å². The van der Waals surface area contributed by atoms with Crippen molar-refractivity contribution in [1.82, 2.24) is 5.32 Å².